The van der Waals surface area contributed by atoms with Gasteiger partial charge in [0.2, 0.25) is 0 Å². The smallest absolute Gasteiger partial charge is 0.257 e. The van der Waals surface area contributed by atoms with Gasteiger partial charge in [0, 0.05) is 16.5 Å². The number of hydrogen-bond acceptors (Lipinski definition) is 4. The standard InChI is InChI=1S/C16H19N3OS.ClH/c1-9-4-3-5-10(2)14(9)15(20)19-16-18-12-7-6-11(17)8-13(12)21-16;/h3-5,11H,6-8,17H2,1-2H3,(H,18,19,20);1H/t11-;/m0./s1. The molecule has 1 aromatic carbocycles. The van der Waals surface area contributed by atoms with E-state index in [-0.39, 0.29) is 24.4 Å². The third-order valence-electron chi connectivity index (χ3n) is 3.91. The molecule has 0 spiro atoms. The lowest BCUT2D eigenvalue weighted by molar-refractivity contribution is 0.102. The van der Waals surface area contributed by atoms with Gasteiger partial charge >= 0.3 is 0 Å². The molecule has 1 aliphatic rings. The maximum Gasteiger partial charge on any atom is 0.257 e. The van der Waals surface area contributed by atoms with Crippen molar-refractivity contribution in [3.05, 3.63) is 45.5 Å². The monoisotopic (exact) mass is 337 g/mol. The highest BCUT2D eigenvalue weighted by atomic mass is 35.5. The second-order valence-electron chi connectivity index (χ2n) is 5.61. The van der Waals surface area contributed by atoms with Crippen LogP contribution in [0.4, 0.5) is 5.13 Å². The summed E-state index contributed by atoms with van der Waals surface area (Å²) in [5, 5.41) is 3.62. The van der Waals surface area contributed by atoms with Crippen LogP contribution >= 0.6 is 23.7 Å². The molecule has 0 fully saturated rings. The molecule has 1 atom stereocenters. The summed E-state index contributed by atoms with van der Waals surface area (Å²) in [6.07, 6.45) is 2.75. The van der Waals surface area contributed by atoms with Crippen molar-refractivity contribution in [2.24, 2.45) is 5.73 Å². The first kappa shape index (κ1) is 16.9. The number of fused-ring (bicyclic) bond motifs is 1. The number of thiazole rings is 1. The quantitative estimate of drug-likeness (QED) is 0.883. The van der Waals surface area contributed by atoms with Gasteiger partial charge in [0.15, 0.2) is 5.13 Å². The summed E-state index contributed by atoms with van der Waals surface area (Å²) in [4.78, 5) is 18.2. The van der Waals surface area contributed by atoms with E-state index in [1.54, 1.807) is 11.3 Å². The van der Waals surface area contributed by atoms with Gasteiger partial charge in [0.1, 0.15) is 0 Å². The maximum absolute atomic E-state index is 12.5. The van der Waals surface area contributed by atoms with Gasteiger partial charge in [-0.25, -0.2) is 4.98 Å². The average Bonchev–Trinajstić information content (AvgIpc) is 2.79. The van der Waals surface area contributed by atoms with E-state index in [1.807, 2.05) is 32.0 Å². The Balaban J connectivity index is 0.00000176. The number of hydrogen-bond donors (Lipinski definition) is 2. The van der Waals surface area contributed by atoms with E-state index in [1.165, 1.54) is 4.88 Å². The van der Waals surface area contributed by atoms with Gasteiger partial charge in [-0.3, -0.25) is 10.1 Å². The van der Waals surface area contributed by atoms with Gasteiger partial charge in [-0.15, -0.1) is 23.7 Å². The number of aromatic nitrogens is 1. The van der Waals surface area contributed by atoms with Crippen molar-refractivity contribution >= 4 is 34.8 Å². The number of anilines is 1. The Kier molecular flexibility index (Phi) is 5.21. The SMILES string of the molecule is Cc1cccc(C)c1C(=O)Nc1nc2c(s1)C[C@@H](N)CC2.Cl. The molecule has 4 nitrogen and oxygen atoms in total. The largest absolute Gasteiger partial charge is 0.327 e. The molecular formula is C16H20ClN3OS. The molecule has 3 N–H and O–H groups in total. The molecule has 1 heterocycles. The highest BCUT2D eigenvalue weighted by Gasteiger charge is 2.21. The van der Waals surface area contributed by atoms with Crippen LogP contribution in [0.1, 0.15) is 38.5 Å². The number of nitrogens with one attached hydrogen (secondary N) is 1. The molecule has 0 saturated carbocycles. The summed E-state index contributed by atoms with van der Waals surface area (Å²) in [6, 6.07) is 6.09. The Hall–Kier alpha value is -1.43. The number of benzene rings is 1. The summed E-state index contributed by atoms with van der Waals surface area (Å²) in [5.74, 6) is -0.0824. The van der Waals surface area contributed by atoms with Crippen LogP contribution in [0.15, 0.2) is 18.2 Å². The van der Waals surface area contributed by atoms with Crippen molar-refractivity contribution in [1.82, 2.24) is 4.98 Å². The summed E-state index contributed by atoms with van der Waals surface area (Å²) < 4.78 is 0. The molecule has 2 aromatic rings. The zero-order chi connectivity index (χ0) is 15.0. The fraction of sp³-hybridized carbons (Fsp3) is 0.375. The van der Waals surface area contributed by atoms with Gasteiger partial charge in [-0.05, 0) is 44.2 Å². The van der Waals surface area contributed by atoms with Crippen molar-refractivity contribution in [3.63, 3.8) is 0 Å². The third-order valence-corrected chi connectivity index (χ3v) is 4.94. The van der Waals surface area contributed by atoms with Crippen LogP contribution < -0.4 is 11.1 Å². The molecule has 3 rings (SSSR count). The third kappa shape index (κ3) is 3.32. The van der Waals surface area contributed by atoms with Gasteiger partial charge in [-0.2, -0.15) is 0 Å². The molecule has 0 bridgehead atoms. The lowest BCUT2D eigenvalue weighted by atomic mass is 9.99. The van der Waals surface area contributed by atoms with Gasteiger partial charge in [0.25, 0.3) is 5.91 Å². The van der Waals surface area contributed by atoms with Crippen LogP contribution in [0.5, 0.6) is 0 Å². The van der Waals surface area contributed by atoms with E-state index in [4.69, 9.17) is 5.73 Å². The fourth-order valence-corrected chi connectivity index (χ4v) is 3.88. The molecule has 1 amide bonds. The number of rotatable bonds is 2. The second kappa shape index (κ2) is 6.77. The predicted molar refractivity (Wildman–Crippen MR) is 93.2 cm³/mol. The Morgan fingerprint density at radius 3 is 2.73 bits per heavy atom. The Morgan fingerprint density at radius 2 is 2.05 bits per heavy atom. The van der Waals surface area contributed by atoms with E-state index in [0.717, 1.165) is 41.6 Å². The minimum absolute atomic E-state index is 0. The summed E-state index contributed by atoms with van der Waals surface area (Å²) in [6.45, 7) is 3.90. The van der Waals surface area contributed by atoms with E-state index in [2.05, 4.69) is 10.3 Å². The Labute approximate surface area is 140 Å². The first-order chi connectivity index (χ1) is 10.0. The topological polar surface area (TPSA) is 68.0 Å². The molecule has 1 aromatic heterocycles. The molecule has 0 saturated heterocycles. The van der Waals surface area contributed by atoms with Crippen LogP contribution in [0.2, 0.25) is 0 Å². The zero-order valence-electron chi connectivity index (χ0n) is 12.7. The first-order valence-corrected chi connectivity index (χ1v) is 7.98. The molecule has 0 radical (unpaired) electrons. The fourth-order valence-electron chi connectivity index (χ4n) is 2.79. The minimum atomic E-state index is -0.0824. The molecule has 0 unspecified atom stereocenters. The number of nitrogens with two attached hydrogens (primary N) is 1. The number of nitrogens with zero attached hydrogens (tertiary/aromatic N) is 1. The number of carbonyl (C=O) groups excluding carboxylic acids is 1. The maximum atomic E-state index is 12.5. The van der Waals surface area contributed by atoms with Crippen molar-refractivity contribution < 1.29 is 4.79 Å². The van der Waals surface area contributed by atoms with Crippen molar-refractivity contribution in [3.8, 4) is 0 Å². The van der Waals surface area contributed by atoms with E-state index in [9.17, 15) is 4.79 Å². The van der Waals surface area contributed by atoms with Crippen molar-refractivity contribution in [2.75, 3.05) is 5.32 Å². The zero-order valence-corrected chi connectivity index (χ0v) is 14.3. The van der Waals surface area contributed by atoms with Crippen LogP contribution in [0.3, 0.4) is 0 Å². The second-order valence-corrected chi connectivity index (χ2v) is 6.70. The molecule has 118 valence electrons. The minimum Gasteiger partial charge on any atom is -0.327 e. The number of halogens is 1. The van der Waals surface area contributed by atoms with Crippen molar-refractivity contribution in [2.45, 2.75) is 39.2 Å². The van der Waals surface area contributed by atoms with E-state index >= 15 is 0 Å². The molecule has 1 aliphatic carbocycles. The number of carbonyl (C=O) groups is 1. The predicted octanol–water partition coefficient (Wildman–Crippen LogP) is 3.25. The highest BCUT2D eigenvalue weighted by molar-refractivity contribution is 7.15. The Morgan fingerprint density at radius 1 is 1.36 bits per heavy atom. The van der Waals surface area contributed by atoms with Gasteiger partial charge in [0.05, 0.1) is 5.69 Å². The normalized spacial score (nSPS) is 16.6. The molecule has 22 heavy (non-hydrogen) atoms. The lowest BCUT2D eigenvalue weighted by Gasteiger charge is -2.15. The number of amides is 1. The summed E-state index contributed by atoms with van der Waals surface area (Å²) in [7, 11) is 0. The molecular weight excluding hydrogens is 318 g/mol. The van der Waals surface area contributed by atoms with Gasteiger partial charge < -0.3 is 5.73 Å². The van der Waals surface area contributed by atoms with Gasteiger partial charge in [-0.1, -0.05) is 18.2 Å². The summed E-state index contributed by atoms with van der Waals surface area (Å²) in [5.41, 5.74) is 9.78. The van der Waals surface area contributed by atoms with Crippen LogP contribution in [-0.4, -0.2) is 16.9 Å². The lowest BCUT2D eigenvalue weighted by Crippen LogP contribution is -2.27. The average molecular weight is 338 g/mol. The Bertz CT molecular complexity index is 678. The van der Waals surface area contributed by atoms with Crippen LogP contribution in [0.25, 0.3) is 0 Å². The molecule has 0 aliphatic heterocycles. The van der Waals surface area contributed by atoms with Crippen molar-refractivity contribution in [1.29, 1.82) is 0 Å². The van der Waals surface area contributed by atoms with Crippen LogP contribution in [-0.2, 0) is 12.8 Å². The van der Waals surface area contributed by atoms with E-state index < -0.39 is 0 Å². The summed E-state index contributed by atoms with van der Waals surface area (Å²) >= 11 is 1.55. The first-order valence-electron chi connectivity index (χ1n) is 7.16. The number of aryl methyl sites for hydroxylation is 3. The highest BCUT2D eigenvalue weighted by Crippen LogP contribution is 2.29. The van der Waals surface area contributed by atoms with Crippen LogP contribution in [0, 0.1) is 13.8 Å². The van der Waals surface area contributed by atoms with E-state index in [0.29, 0.717) is 5.13 Å². The molecule has 6 heteroatoms.